The van der Waals surface area contributed by atoms with Crippen molar-refractivity contribution in [2.75, 3.05) is 0 Å². The second kappa shape index (κ2) is 3.15. The third-order valence-corrected chi connectivity index (χ3v) is 3.13. The number of benzene rings is 1. The number of aryl methyl sites for hydroxylation is 1. The van der Waals surface area contributed by atoms with Crippen LogP contribution in [0.3, 0.4) is 0 Å². The van der Waals surface area contributed by atoms with E-state index in [1.54, 1.807) is 4.57 Å². The Morgan fingerprint density at radius 3 is 3.12 bits per heavy atom. The third kappa shape index (κ3) is 1.20. The molecule has 3 rings (SSSR count). The molecule has 0 bridgehead atoms. The Morgan fingerprint density at radius 1 is 1.50 bits per heavy atom. The van der Waals surface area contributed by atoms with Crippen LogP contribution in [0.1, 0.15) is 23.9 Å². The summed E-state index contributed by atoms with van der Waals surface area (Å²) in [6.45, 7) is 2.66. The van der Waals surface area contributed by atoms with Crippen LogP contribution >= 0.6 is 0 Å². The first-order valence-corrected chi connectivity index (χ1v) is 5.43. The van der Waals surface area contributed by atoms with Crippen molar-refractivity contribution in [1.29, 1.82) is 0 Å². The van der Waals surface area contributed by atoms with Gasteiger partial charge in [-0.15, -0.1) is 0 Å². The first-order chi connectivity index (χ1) is 7.66. The maximum absolute atomic E-state index is 12.2. The van der Waals surface area contributed by atoms with Crippen LogP contribution in [0.25, 0.3) is 10.9 Å². The molecule has 16 heavy (non-hydrogen) atoms. The first kappa shape index (κ1) is 9.54. The number of nitrogens with two attached hydrogens (primary N) is 1. The molecular formula is C12H13N3O. The minimum absolute atomic E-state index is 0.0386. The summed E-state index contributed by atoms with van der Waals surface area (Å²) in [5.41, 5.74) is 7.78. The quantitative estimate of drug-likeness (QED) is 0.716. The minimum atomic E-state index is -0.0987. The molecule has 2 heterocycles. The van der Waals surface area contributed by atoms with Gasteiger partial charge in [0, 0.05) is 6.54 Å². The molecule has 1 aromatic heterocycles. The van der Waals surface area contributed by atoms with E-state index < -0.39 is 0 Å². The molecule has 0 amide bonds. The minimum Gasteiger partial charge on any atom is -0.321 e. The van der Waals surface area contributed by atoms with Crippen molar-refractivity contribution in [3.05, 3.63) is 39.9 Å². The van der Waals surface area contributed by atoms with E-state index in [-0.39, 0.29) is 11.6 Å². The van der Waals surface area contributed by atoms with Crippen molar-refractivity contribution in [2.24, 2.45) is 5.73 Å². The standard InChI is InChI=1S/C12H13N3O/c1-7-2-3-10-8(6-7)12(16)15-5-4-9(13)11(15)14-10/h2-3,6,9H,4-5,13H2,1H3. The Hall–Kier alpha value is -1.68. The van der Waals surface area contributed by atoms with Crippen molar-refractivity contribution in [1.82, 2.24) is 9.55 Å². The number of rotatable bonds is 0. The fourth-order valence-corrected chi connectivity index (χ4v) is 2.25. The lowest BCUT2D eigenvalue weighted by molar-refractivity contribution is 0.679. The summed E-state index contributed by atoms with van der Waals surface area (Å²) < 4.78 is 1.70. The van der Waals surface area contributed by atoms with Crippen LogP contribution in [0.15, 0.2) is 23.0 Å². The van der Waals surface area contributed by atoms with Gasteiger partial charge in [-0.1, -0.05) is 11.6 Å². The number of aromatic nitrogens is 2. The molecule has 4 heteroatoms. The van der Waals surface area contributed by atoms with Gasteiger partial charge in [-0.2, -0.15) is 0 Å². The second-order valence-electron chi connectivity index (χ2n) is 4.34. The van der Waals surface area contributed by atoms with E-state index in [9.17, 15) is 4.79 Å². The summed E-state index contributed by atoms with van der Waals surface area (Å²) in [5.74, 6) is 0.723. The highest BCUT2D eigenvalue weighted by Crippen LogP contribution is 2.21. The summed E-state index contributed by atoms with van der Waals surface area (Å²) in [7, 11) is 0. The van der Waals surface area contributed by atoms with Crippen LogP contribution in [-0.2, 0) is 6.54 Å². The lowest BCUT2D eigenvalue weighted by atomic mass is 10.1. The van der Waals surface area contributed by atoms with Gasteiger partial charge in [-0.05, 0) is 25.5 Å². The summed E-state index contributed by atoms with van der Waals surface area (Å²) in [6.07, 6.45) is 0.803. The highest BCUT2D eigenvalue weighted by Gasteiger charge is 2.22. The number of hydrogen-bond donors (Lipinski definition) is 1. The van der Waals surface area contributed by atoms with E-state index in [0.717, 1.165) is 23.3 Å². The van der Waals surface area contributed by atoms with Crippen molar-refractivity contribution in [2.45, 2.75) is 25.9 Å². The van der Waals surface area contributed by atoms with E-state index in [2.05, 4.69) is 4.98 Å². The summed E-state index contributed by atoms with van der Waals surface area (Å²) in [5, 5.41) is 0.692. The highest BCUT2D eigenvalue weighted by atomic mass is 16.1. The van der Waals surface area contributed by atoms with E-state index in [0.29, 0.717) is 11.9 Å². The first-order valence-electron chi connectivity index (χ1n) is 5.43. The lowest BCUT2D eigenvalue weighted by Gasteiger charge is -2.07. The lowest BCUT2D eigenvalue weighted by Crippen LogP contribution is -2.22. The molecule has 2 aromatic rings. The van der Waals surface area contributed by atoms with E-state index in [1.807, 2.05) is 25.1 Å². The monoisotopic (exact) mass is 215 g/mol. The van der Waals surface area contributed by atoms with Crippen molar-refractivity contribution >= 4 is 10.9 Å². The SMILES string of the molecule is Cc1ccc2nc3n(c(=O)c2c1)CCC3N. The van der Waals surface area contributed by atoms with Crippen LogP contribution < -0.4 is 11.3 Å². The maximum atomic E-state index is 12.2. The third-order valence-electron chi connectivity index (χ3n) is 3.13. The molecule has 1 atom stereocenters. The van der Waals surface area contributed by atoms with E-state index in [1.165, 1.54) is 0 Å². The number of hydrogen-bond acceptors (Lipinski definition) is 3. The van der Waals surface area contributed by atoms with Gasteiger partial charge in [0.25, 0.3) is 5.56 Å². The molecule has 1 aliphatic heterocycles. The fraction of sp³-hybridized carbons (Fsp3) is 0.333. The van der Waals surface area contributed by atoms with Gasteiger partial charge in [0.15, 0.2) is 0 Å². The van der Waals surface area contributed by atoms with Crippen molar-refractivity contribution in [3.63, 3.8) is 0 Å². The highest BCUT2D eigenvalue weighted by molar-refractivity contribution is 5.78. The van der Waals surface area contributed by atoms with Gasteiger partial charge in [-0.3, -0.25) is 9.36 Å². The molecule has 0 radical (unpaired) electrons. The second-order valence-corrected chi connectivity index (χ2v) is 4.34. The summed E-state index contributed by atoms with van der Waals surface area (Å²) in [6, 6.07) is 5.64. The molecule has 82 valence electrons. The van der Waals surface area contributed by atoms with Gasteiger partial charge >= 0.3 is 0 Å². The molecule has 0 saturated heterocycles. The molecule has 1 aromatic carbocycles. The zero-order valence-electron chi connectivity index (χ0n) is 9.10. The molecule has 0 saturated carbocycles. The van der Waals surface area contributed by atoms with Crippen molar-refractivity contribution < 1.29 is 0 Å². The zero-order valence-corrected chi connectivity index (χ0v) is 9.10. The number of nitrogens with zero attached hydrogens (tertiary/aromatic N) is 2. The molecule has 2 N–H and O–H groups in total. The summed E-state index contributed by atoms with van der Waals surface area (Å²) >= 11 is 0. The van der Waals surface area contributed by atoms with E-state index >= 15 is 0 Å². The molecule has 0 aliphatic carbocycles. The van der Waals surface area contributed by atoms with Gasteiger partial charge < -0.3 is 5.73 Å². The fourth-order valence-electron chi connectivity index (χ4n) is 2.25. The zero-order chi connectivity index (χ0) is 11.3. The Labute approximate surface area is 92.7 Å². The predicted octanol–water partition coefficient (Wildman–Crippen LogP) is 1.11. The molecular weight excluding hydrogens is 202 g/mol. The van der Waals surface area contributed by atoms with Crippen LogP contribution in [0, 0.1) is 6.92 Å². The normalized spacial score (nSPS) is 19.0. The molecule has 1 unspecified atom stereocenters. The average Bonchev–Trinajstić information content (AvgIpc) is 2.63. The predicted molar refractivity (Wildman–Crippen MR) is 62.3 cm³/mol. The molecule has 0 fully saturated rings. The largest absolute Gasteiger partial charge is 0.321 e. The summed E-state index contributed by atoms with van der Waals surface area (Å²) in [4.78, 5) is 16.7. The van der Waals surface area contributed by atoms with Crippen LogP contribution in [0.2, 0.25) is 0 Å². The van der Waals surface area contributed by atoms with E-state index in [4.69, 9.17) is 5.73 Å². The topological polar surface area (TPSA) is 60.9 Å². The average molecular weight is 215 g/mol. The van der Waals surface area contributed by atoms with Crippen LogP contribution in [-0.4, -0.2) is 9.55 Å². The Morgan fingerprint density at radius 2 is 2.31 bits per heavy atom. The molecule has 4 nitrogen and oxygen atoms in total. The van der Waals surface area contributed by atoms with Gasteiger partial charge in [-0.25, -0.2) is 4.98 Å². The number of fused-ring (bicyclic) bond motifs is 2. The van der Waals surface area contributed by atoms with Gasteiger partial charge in [0.1, 0.15) is 5.82 Å². The molecule has 1 aliphatic rings. The molecule has 0 spiro atoms. The van der Waals surface area contributed by atoms with Gasteiger partial charge in [0.05, 0.1) is 16.9 Å². The smallest absolute Gasteiger partial charge is 0.261 e. The van der Waals surface area contributed by atoms with Crippen molar-refractivity contribution in [3.8, 4) is 0 Å². The van der Waals surface area contributed by atoms with Gasteiger partial charge in [0.2, 0.25) is 0 Å². The van der Waals surface area contributed by atoms with Crippen LogP contribution in [0.4, 0.5) is 0 Å². The Kier molecular flexibility index (Phi) is 1.88. The Bertz CT molecular complexity index is 630. The van der Waals surface area contributed by atoms with Crippen LogP contribution in [0.5, 0.6) is 0 Å². The Balaban J connectivity index is 2.44. The maximum Gasteiger partial charge on any atom is 0.261 e.